The van der Waals surface area contributed by atoms with Crippen LogP contribution < -0.4 is 4.72 Å². The molecule has 0 spiro atoms. The van der Waals surface area contributed by atoms with E-state index in [0.717, 1.165) is 17.7 Å². The van der Waals surface area contributed by atoms with Crippen LogP contribution in [0.5, 0.6) is 0 Å². The number of sulfonamides is 1. The minimum Gasteiger partial charge on any atom is -0.305 e. The molecule has 1 aromatic carbocycles. The third-order valence-electron chi connectivity index (χ3n) is 2.43. The summed E-state index contributed by atoms with van der Waals surface area (Å²) in [6, 6.07) is 7.80. The normalized spacial score (nSPS) is 12.0. The second-order valence-corrected chi connectivity index (χ2v) is 6.64. The molecule has 0 aliphatic heterocycles. The third-order valence-corrected chi connectivity index (χ3v) is 4.17. The number of nitrogens with one attached hydrogen (secondary N) is 1. The van der Waals surface area contributed by atoms with E-state index in [1.54, 1.807) is 0 Å². The number of halogens is 1. The van der Waals surface area contributed by atoms with Crippen LogP contribution in [0.2, 0.25) is 0 Å². The van der Waals surface area contributed by atoms with E-state index in [9.17, 15) is 8.42 Å². The van der Waals surface area contributed by atoms with E-state index >= 15 is 0 Å². The predicted molar refractivity (Wildman–Crippen MR) is 75.2 cm³/mol. The van der Waals surface area contributed by atoms with Gasteiger partial charge in [0.1, 0.15) is 0 Å². The van der Waals surface area contributed by atoms with Crippen molar-refractivity contribution in [3.05, 3.63) is 35.4 Å². The highest BCUT2D eigenvalue weighted by molar-refractivity contribution is 7.89. The zero-order valence-corrected chi connectivity index (χ0v) is 12.3. The Hall–Kier alpha value is -0.620. The van der Waals surface area contributed by atoms with Gasteiger partial charge in [0.25, 0.3) is 0 Å². The minimum absolute atomic E-state index is 0.0512. The Bertz CT molecular complexity index is 475. The lowest BCUT2D eigenvalue weighted by molar-refractivity contribution is 0.400. The highest BCUT2D eigenvalue weighted by atomic mass is 35.5. The van der Waals surface area contributed by atoms with Crippen LogP contribution in [0.4, 0.5) is 0 Å². The molecular weight excluding hydrogens is 272 g/mol. The van der Waals surface area contributed by atoms with Crippen molar-refractivity contribution in [3.63, 3.8) is 0 Å². The molecule has 0 aromatic heterocycles. The number of rotatable bonds is 7. The second kappa shape index (κ2) is 7.09. The van der Waals surface area contributed by atoms with Gasteiger partial charge in [0.05, 0.1) is 5.75 Å². The second-order valence-electron chi connectivity index (χ2n) is 4.34. The van der Waals surface area contributed by atoms with Crippen LogP contribution in [0.15, 0.2) is 24.3 Å². The molecule has 0 bridgehead atoms. The van der Waals surface area contributed by atoms with Crippen molar-refractivity contribution < 1.29 is 8.42 Å². The van der Waals surface area contributed by atoms with Gasteiger partial charge in [-0.1, -0.05) is 24.3 Å². The maximum atomic E-state index is 11.5. The number of alkyl halides is 1. The maximum Gasteiger partial charge on any atom is 0.213 e. The lowest BCUT2D eigenvalue weighted by atomic mass is 10.1. The predicted octanol–water partition coefficient (Wildman–Crippen LogP) is 1.41. The summed E-state index contributed by atoms with van der Waals surface area (Å²) in [4.78, 5) is 2.05. The summed E-state index contributed by atoms with van der Waals surface area (Å²) in [6.45, 7) is 1.09. The highest BCUT2D eigenvalue weighted by Crippen LogP contribution is 2.10. The molecule has 0 radical (unpaired) electrons. The molecular formula is C12H19ClN2O2S. The van der Waals surface area contributed by atoms with Crippen molar-refractivity contribution in [1.82, 2.24) is 9.62 Å². The Labute approximate surface area is 114 Å². The van der Waals surface area contributed by atoms with Crippen LogP contribution >= 0.6 is 11.6 Å². The van der Waals surface area contributed by atoms with Crippen molar-refractivity contribution in [1.29, 1.82) is 0 Å². The molecule has 0 unspecified atom stereocenters. The topological polar surface area (TPSA) is 49.4 Å². The van der Waals surface area contributed by atoms with Crippen LogP contribution in [-0.2, 0) is 23.1 Å². The molecule has 6 heteroatoms. The average Bonchev–Trinajstić information content (AvgIpc) is 2.27. The van der Waals surface area contributed by atoms with Gasteiger partial charge in [0.2, 0.25) is 10.0 Å². The fourth-order valence-electron chi connectivity index (χ4n) is 1.59. The summed E-state index contributed by atoms with van der Waals surface area (Å²) >= 11 is 5.44. The molecule has 4 nitrogen and oxygen atoms in total. The van der Waals surface area contributed by atoms with Crippen molar-refractivity contribution in [2.75, 3.05) is 25.7 Å². The van der Waals surface area contributed by atoms with E-state index in [2.05, 4.69) is 4.72 Å². The smallest absolute Gasteiger partial charge is 0.213 e. The number of hydrogen-bond acceptors (Lipinski definition) is 3. The number of benzene rings is 1. The first-order chi connectivity index (χ1) is 8.44. The standard InChI is InChI=1S/C12H19ClN2O2S/c1-15(2)10-12-6-4-3-5-11(12)9-14-18(16,17)8-7-13/h3-6,14H,7-10H2,1-2H3. The van der Waals surface area contributed by atoms with E-state index in [-0.39, 0.29) is 11.6 Å². The SMILES string of the molecule is CN(C)Cc1ccccc1CNS(=O)(=O)CCCl. The monoisotopic (exact) mass is 290 g/mol. The lowest BCUT2D eigenvalue weighted by Gasteiger charge is -2.14. The molecule has 0 amide bonds. The van der Waals surface area contributed by atoms with Gasteiger partial charge in [0.15, 0.2) is 0 Å². The molecule has 0 aliphatic carbocycles. The molecule has 0 heterocycles. The number of hydrogen-bond donors (Lipinski definition) is 1. The first-order valence-electron chi connectivity index (χ1n) is 5.69. The Kier molecular flexibility index (Phi) is 6.08. The lowest BCUT2D eigenvalue weighted by Crippen LogP contribution is -2.27. The average molecular weight is 291 g/mol. The van der Waals surface area contributed by atoms with Crippen molar-refractivity contribution in [2.45, 2.75) is 13.1 Å². The molecule has 102 valence electrons. The van der Waals surface area contributed by atoms with E-state index in [4.69, 9.17) is 11.6 Å². The minimum atomic E-state index is -3.27. The van der Waals surface area contributed by atoms with E-state index in [0.29, 0.717) is 6.54 Å². The molecule has 1 aromatic rings. The van der Waals surface area contributed by atoms with Crippen LogP contribution in [0.1, 0.15) is 11.1 Å². The van der Waals surface area contributed by atoms with E-state index in [1.165, 1.54) is 0 Å². The molecule has 18 heavy (non-hydrogen) atoms. The Morgan fingerprint density at radius 3 is 2.39 bits per heavy atom. The van der Waals surface area contributed by atoms with Crippen LogP contribution in [-0.4, -0.2) is 39.0 Å². The fraction of sp³-hybridized carbons (Fsp3) is 0.500. The van der Waals surface area contributed by atoms with E-state index < -0.39 is 10.0 Å². The molecule has 0 atom stereocenters. The van der Waals surface area contributed by atoms with Gasteiger partial charge in [-0.25, -0.2) is 13.1 Å². The van der Waals surface area contributed by atoms with Gasteiger partial charge in [0, 0.05) is 19.0 Å². The summed E-state index contributed by atoms with van der Waals surface area (Å²) in [5.41, 5.74) is 2.11. The summed E-state index contributed by atoms with van der Waals surface area (Å²) in [6.07, 6.45) is 0. The van der Waals surface area contributed by atoms with Gasteiger partial charge in [-0.05, 0) is 25.2 Å². The first-order valence-corrected chi connectivity index (χ1v) is 7.88. The van der Waals surface area contributed by atoms with Gasteiger partial charge in [-0.3, -0.25) is 0 Å². The summed E-state index contributed by atoms with van der Waals surface area (Å²) in [5.74, 6) is 0.0546. The van der Waals surface area contributed by atoms with Gasteiger partial charge >= 0.3 is 0 Å². The molecule has 1 rings (SSSR count). The summed E-state index contributed by atoms with van der Waals surface area (Å²) in [5, 5.41) is 0. The zero-order chi connectivity index (χ0) is 13.6. The summed E-state index contributed by atoms with van der Waals surface area (Å²) < 4.78 is 25.6. The van der Waals surface area contributed by atoms with Crippen LogP contribution in [0.3, 0.4) is 0 Å². The van der Waals surface area contributed by atoms with Gasteiger partial charge in [-0.2, -0.15) is 0 Å². The number of nitrogens with zero attached hydrogens (tertiary/aromatic N) is 1. The van der Waals surface area contributed by atoms with Gasteiger partial charge in [-0.15, -0.1) is 11.6 Å². The first kappa shape index (κ1) is 15.4. The Morgan fingerprint density at radius 1 is 1.22 bits per heavy atom. The quantitative estimate of drug-likeness (QED) is 0.773. The van der Waals surface area contributed by atoms with Crippen molar-refractivity contribution in [3.8, 4) is 0 Å². The summed E-state index contributed by atoms with van der Waals surface area (Å²) in [7, 11) is 0.691. The Balaban J connectivity index is 2.73. The molecule has 0 fully saturated rings. The van der Waals surface area contributed by atoms with Crippen molar-refractivity contribution >= 4 is 21.6 Å². The van der Waals surface area contributed by atoms with E-state index in [1.807, 2.05) is 43.3 Å². The van der Waals surface area contributed by atoms with Gasteiger partial charge < -0.3 is 4.90 Å². The maximum absolute atomic E-state index is 11.5. The highest BCUT2D eigenvalue weighted by Gasteiger charge is 2.10. The fourth-order valence-corrected chi connectivity index (χ4v) is 2.92. The molecule has 0 aliphatic rings. The largest absolute Gasteiger partial charge is 0.305 e. The van der Waals surface area contributed by atoms with Crippen LogP contribution in [0, 0.1) is 0 Å². The Morgan fingerprint density at radius 2 is 1.83 bits per heavy atom. The molecule has 1 N–H and O–H groups in total. The molecule has 0 saturated heterocycles. The van der Waals surface area contributed by atoms with Crippen LogP contribution in [0.25, 0.3) is 0 Å². The van der Waals surface area contributed by atoms with Crippen molar-refractivity contribution in [2.24, 2.45) is 0 Å². The third kappa shape index (κ3) is 5.35. The zero-order valence-electron chi connectivity index (χ0n) is 10.7. The molecule has 0 saturated carbocycles.